The SMILES string of the molecule is C.C.CC(C)c1cccc(Br)c1.CC(C)c1ccccc1Br.CC(C)c1ccccc1Cl.Cc1ccc(C(C)C)cc1.Cc1ccc(C(C)C)cc1.Cc1cccc(C(C)C)c1. The van der Waals surface area contributed by atoms with Gasteiger partial charge in [0.2, 0.25) is 0 Å². The van der Waals surface area contributed by atoms with Crippen molar-refractivity contribution in [3.8, 4) is 0 Å². The number of hydrogen-bond donors (Lipinski definition) is 0. The summed E-state index contributed by atoms with van der Waals surface area (Å²) in [4.78, 5) is 0. The third kappa shape index (κ3) is 25.6. The van der Waals surface area contributed by atoms with E-state index in [1.165, 1.54) is 59.0 Å². The van der Waals surface area contributed by atoms with E-state index in [-0.39, 0.29) is 14.9 Å². The number of rotatable bonds is 6. The second kappa shape index (κ2) is 33.1. The van der Waals surface area contributed by atoms with Gasteiger partial charge in [-0.3, -0.25) is 0 Å². The van der Waals surface area contributed by atoms with Gasteiger partial charge < -0.3 is 0 Å². The van der Waals surface area contributed by atoms with E-state index in [1.54, 1.807) is 0 Å². The van der Waals surface area contributed by atoms with E-state index < -0.39 is 0 Å². The summed E-state index contributed by atoms with van der Waals surface area (Å²) in [5, 5.41) is 0.873. The lowest BCUT2D eigenvalue weighted by atomic mass is 10.0. The molecule has 6 aromatic carbocycles. The molecule has 0 atom stereocenters. The molecule has 62 heavy (non-hydrogen) atoms. The molecule has 6 rings (SSSR count). The monoisotopic (exact) mass is 984 g/mol. The highest BCUT2D eigenvalue weighted by atomic mass is 79.9. The van der Waals surface area contributed by atoms with Crippen LogP contribution in [0.3, 0.4) is 0 Å². The first-order chi connectivity index (χ1) is 28.2. The third-order valence-electron chi connectivity index (χ3n) is 9.77. The summed E-state index contributed by atoms with van der Waals surface area (Å²) >= 11 is 12.8. The number of benzene rings is 6. The second-order valence-corrected chi connectivity index (χ2v) is 19.4. The number of hydrogen-bond acceptors (Lipinski definition) is 0. The predicted octanol–water partition coefficient (Wildman–Crippen LogP) is 21.2. The molecule has 0 aliphatic rings. The van der Waals surface area contributed by atoms with Crippen molar-refractivity contribution in [1.29, 1.82) is 0 Å². The smallest absolute Gasteiger partial charge is 0.0440 e. The van der Waals surface area contributed by atoms with Gasteiger partial charge in [-0.05, 0) is 114 Å². The minimum absolute atomic E-state index is 0. The summed E-state index contributed by atoms with van der Waals surface area (Å²) in [5.74, 6) is 3.71. The average molecular weight is 988 g/mol. The Morgan fingerprint density at radius 3 is 1.00 bits per heavy atom. The lowest BCUT2D eigenvalue weighted by molar-refractivity contribution is 0.861. The van der Waals surface area contributed by atoms with Gasteiger partial charge >= 0.3 is 0 Å². The Labute approximate surface area is 404 Å². The van der Waals surface area contributed by atoms with E-state index >= 15 is 0 Å². The molecule has 0 aliphatic carbocycles. The van der Waals surface area contributed by atoms with E-state index in [0.717, 1.165) is 5.02 Å². The lowest BCUT2D eigenvalue weighted by Gasteiger charge is -2.06. The lowest BCUT2D eigenvalue weighted by Crippen LogP contribution is -1.86. The predicted molar refractivity (Wildman–Crippen MR) is 291 cm³/mol. The van der Waals surface area contributed by atoms with Crippen LogP contribution in [0.4, 0.5) is 0 Å². The van der Waals surface area contributed by atoms with Gasteiger partial charge in [-0.15, -0.1) is 0 Å². The van der Waals surface area contributed by atoms with Crippen LogP contribution in [-0.4, -0.2) is 0 Å². The molecule has 0 saturated heterocycles. The van der Waals surface area contributed by atoms with Gasteiger partial charge in [0.25, 0.3) is 0 Å². The van der Waals surface area contributed by atoms with Gasteiger partial charge in [0.05, 0.1) is 0 Å². The van der Waals surface area contributed by atoms with Crippen LogP contribution < -0.4 is 0 Å². The molecular weight excluding hydrogens is 904 g/mol. The van der Waals surface area contributed by atoms with Crippen molar-refractivity contribution in [2.75, 3.05) is 0 Å². The molecule has 3 heteroatoms. The topological polar surface area (TPSA) is 0 Å². The highest BCUT2D eigenvalue weighted by molar-refractivity contribution is 9.10. The Hall–Kier alpha value is -3.43. The second-order valence-electron chi connectivity index (χ2n) is 17.3. The van der Waals surface area contributed by atoms with Gasteiger partial charge in [0.1, 0.15) is 0 Å². The van der Waals surface area contributed by atoms with Crippen molar-refractivity contribution in [3.63, 3.8) is 0 Å². The molecule has 6 aromatic rings. The molecule has 0 aromatic heterocycles. The van der Waals surface area contributed by atoms with Crippen molar-refractivity contribution < 1.29 is 0 Å². The van der Waals surface area contributed by atoms with Crippen LogP contribution in [0.2, 0.25) is 5.02 Å². The highest BCUT2D eigenvalue weighted by Crippen LogP contribution is 2.24. The van der Waals surface area contributed by atoms with E-state index in [1.807, 2.05) is 30.3 Å². The van der Waals surface area contributed by atoms with Crippen LogP contribution in [0, 0.1) is 20.8 Å². The van der Waals surface area contributed by atoms with Crippen molar-refractivity contribution in [2.45, 2.75) is 154 Å². The summed E-state index contributed by atoms with van der Waals surface area (Å²) in [5.41, 5.74) is 12.3. The fraction of sp³-hybridized carbons (Fsp3) is 0.390. The van der Waals surface area contributed by atoms with E-state index in [0.29, 0.717) is 35.5 Å². The Kier molecular flexibility index (Phi) is 32.4. The van der Waals surface area contributed by atoms with Crippen LogP contribution in [-0.2, 0) is 0 Å². The quantitative estimate of drug-likeness (QED) is 0.156. The van der Waals surface area contributed by atoms with Gasteiger partial charge in [0.15, 0.2) is 0 Å². The Morgan fingerprint density at radius 2 is 0.710 bits per heavy atom. The third-order valence-corrected chi connectivity index (χ3v) is 11.3. The minimum Gasteiger partial charge on any atom is -0.0840 e. The summed E-state index contributed by atoms with van der Waals surface area (Å²) in [6, 6.07) is 50.8. The molecule has 0 radical (unpaired) electrons. The first-order valence-corrected chi connectivity index (χ1v) is 23.6. The zero-order valence-electron chi connectivity index (χ0n) is 39.5. The number of halogens is 3. The molecule has 0 unspecified atom stereocenters. The van der Waals surface area contributed by atoms with Gasteiger partial charge in [-0.2, -0.15) is 0 Å². The first-order valence-electron chi connectivity index (χ1n) is 21.7. The maximum Gasteiger partial charge on any atom is 0.0440 e. The zero-order valence-corrected chi connectivity index (χ0v) is 43.4. The summed E-state index contributed by atoms with van der Waals surface area (Å²) in [7, 11) is 0. The molecule has 0 bridgehead atoms. The van der Waals surface area contributed by atoms with Crippen molar-refractivity contribution >= 4 is 43.5 Å². The molecule has 0 amide bonds. The minimum atomic E-state index is 0. The molecule has 0 saturated carbocycles. The molecule has 0 heterocycles. The maximum absolute atomic E-state index is 5.92. The van der Waals surface area contributed by atoms with Crippen LogP contribution in [0.5, 0.6) is 0 Å². The molecular formula is C59H83Br2Cl. The molecule has 0 fully saturated rings. The average Bonchev–Trinajstić information content (AvgIpc) is 3.19. The fourth-order valence-corrected chi connectivity index (χ4v) is 7.20. The van der Waals surface area contributed by atoms with E-state index in [2.05, 4.69) is 251 Å². The van der Waals surface area contributed by atoms with Crippen LogP contribution in [0.25, 0.3) is 0 Å². The Balaban J connectivity index is 0. The number of aryl methyl sites for hydroxylation is 3. The molecule has 340 valence electrons. The molecule has 0 N–H and O–H groups in total. The summed E-state index contributed by atoms with van der Waals surface area (Å²) in [6.07, 6.45) is 0. The molecule has 0 nitrogen and oxygen atoms in total. The largest absolute Gasteiger partial charge is 0.0840 e. The van der Waals surface area contributed by atoms with Crippen LogP contribution >= 0.6 is 43.5 Å². The van der Waals surface area contributed by atoms with Gasteiger partial charge in [-0.1, -0.05) is 279 Å². The Bertz CT molecular complexity index is 1870. The highest BCUT2D eigenvalue weighted by Gasteiger charge is 2.03. The van der Waals surface area contributed by atoms with E-state index in [4.69, 9.17) is 11.6 Å². The zero-order chi connectivity index (χ0) is 45.4. The van der Waals surface area contributed by atoms with Gasteiger partial charge in [0, 0.05) is 14.0 Å². The van der Waals surface area contributed by atoms with Crippen molar-refractivity contribution in [3.05, 3.63) is 210 Å². The maximum atomic E-state index is 5.92. The van der Waals surface area contributed by atoms with Crippen LogP contribution in [0.1, 0.15) is 184 Å². The summed E-state index contributed by atoms with van der Waals surface area (Å²) in [6.45, 7) is 32.7. The van der Waals surface area contributed by atoms with Crippen molar-refractivity contribution in [2.24, 2.45) is 0 Å². The first kappa shape index (κ1) is 60.7. The fourth-order valence-electron chi connectivity index (χ4n) is 5.68. The summed E-state index contributed by atoms with van der Waals surface area (Å²) < 4.78 is 2.38. The Morgan fingerprint density at radius 1 is 0.339 bits per heavy atom. The normalized spacial score (nSPS) is 10.1. The van der Waals surface area contributed by atoms with Crippen molar-refractivity contribution in [1.82, 2.24) is 0 Å². The molecule has 0 aliphatic heterocycles. The standard InChI is InChI=1S/3C10H14.2C9H11Br.C9H11Cl.2CH4/c2*1-8(2)10-6-4-9(3)5-7-10;1-8(2)10-6-4-5-9(3)7-10;1-7(2)8-4-3-5-9(10)6-8;2*1-7(2)8-5-3-4-6-9(8)10;;/h3*4-8H,1-3H3;3*3-7H,1-2H3;2*1H4. The van der Waals surface area contributed by atoms with Crippen LogP contribution in [0.15, 0.2) is 155 Å². The van der Waals surface area contributed by atoms with E-state index in [9.17, 15) is 0 Å². The molecule has 0 spiro atoms. The van der Waals surface area contributed by atoms with Gasteiger partial charge in [-0.25, -0.2) is 0 Å².